The van der Waals surface area contributed by atoms with Gasteiger partial charge in [0.25, 0.3) is 0 Å². The molecule has 0 aliphatic carbocycles. The maximum absolute atomic E-state index is 9.08. The zero-order valence-corrected chi connectivity index (χ0v) is 15.6. The highest BCUT2D eigenvalue weighted by Crippen LogP contribution is 2.33. The second-order valence-corrected chi connectivity index (χ2v) is 7.41. The zero-order valence-electron chi connectivity index (χ0n) is 15.6. The van der Waals surface area contributed by atoms with Crippen molar-refractivity contribution in [2.24, 2.45) is 0 Å². The molecule has 7 heteroatoms. The van der Waals surface area contributed by atoms with Crippen LogP contribution in [0.5, 0.6) is 0 Å². The van der Waals surface area contributed by atoms with Gasteiger partial charge in [-0.1, -0.05) is 12.1 Å². The largest absolute Gasteiger partial charge is 0.371 e. The molecule has 0 radical (unpaired) electrons. The van der Waals surface area contributed by atoms with E-state index in [2.05, 4.69) is 37.5 Å². The Bertz CT molecular complexity index is 1080. The molecule has 28 heavy (non-hydrogen) atoms. The van der Waals surface area contributed by atoms with Crippen molar-refractivity contribution in [2.75, 3.05) is 23.3 Å². The van der Waals surface area contributed by atoms with Crippen LogP contribution in [0.1, 0.15) is 23.2 Å². The van der Waals surface area contributed by atoms with Gasteiger partial charge in [-0.2, -0.15) is 10.4 Å². The van der Waals surface area contributed by atoms with Crippen LogP contribution in [0.15, 0.2) is 36.5 Å². The van der Waals surface area contributed by atoms with E-state index in [1.165, 1.54) is 0 Å². The Hall–Kier alpha value is -3.24. The molecule has 2 unspecified atom stereocenters. The number of aromatic nitrogens is 3. The van der Waals surface area contributed by atoms with Crippen LogP contribution in [-0.2, 0) is 11.3 Å². The van der Waals surface area contributed by atoms with E-state index in [0.29, 0.717) is 30.1 Å². The van der Waals surface area contributed by atoms with Crippen LogP contribution >= 0.6 is 0 Å². The van der Waals surface area contributed by atoms with Gasteiger partial charge in [-0.3, -0.25) is 4.98 Å². The number of hydrogen-bond acceptors (Lipinski definition) is 7. The molecule has 5 heterocycles. The Kier molecular flexibility index (Phi) is 4.06. The van der Waals surface area contributed by atoms with Gasteiger partial charge in [0, 0.05) is 31.4 Å². The van der Waals surface area contributed by atoms with Crippen LogP contribution in [0.4, 0.5) is 11.5 Å². The summed E-state index contributed by atoms with van der Waals surface area (Å²) in [6.45, 7) is 4.30. The van der Waals surface area contributed by atoms with Gasteiger partial charge >= 0.3 is 0 Å². The molecule has 3 aliphatic rings. The first-order valence-electron chi connectivity index (χ1n) is 9.46. The van der Waals surface area contributed by atoms with Crippen molar-refractivity contribution in [1.29, 1.82) is 5.26 Å². The first kappa shape index (κ1) is 16.9. The lowest BCUT2D eigenvalue weighted by Crippen LogP contribution is -2.57. The van der Waals surface area contributed by atoms with Gasteiger partial charge in [-0.25, -0.2) is 0 Å². The second-order valence-electron chi connectivity index (χ2n) is 7.41. The van der Waals surface area contributed by atoms with Crippen LogP contribution in [0.2, 0.25) is 0 Å². The average molecular weight is 372 g/mol. The van der Waals surface area contributed by atoms with Crippen molar-refractivity contribution in [3.63, 3.8) is 0 Å². The Morgan fingerprint density at radius 2 is 2.07 bits per heavy atom. The molecule has 3 saturated heterocycles. The molecular weight excluding hydrogens is 352 g/mol. The van der Waals surface area contributed by atoms with E-state index in [9.17, 15) is 0 Å². The number of anilines is 2. The maximum Gasteiger partial charge on any atom is 0.158 e. The minimum Gasteiger partial charge on any atom is -0.371 e. The first-order chi connectivity index (χ1) is 13.7. The van der Waals surface area contributed by atoms with Gasteiger partial charge in [0.1, 0.15) is 0 Å². The summed E-state index contributed by atoms with van der Waals surface area (Å²) in [5.74, 6) is 0.704. The summed E-state index contributed by atoms with van der Waals surface area (Å²) in [4.78, 5) is 7.01. The lowest BCUT2D eigenvalue weighted by Gasteiger charge is -2.47. The van der Waals surface area contributed by atoms with Gasteiger partial charge in [0.05, 0.1) is 46.9 Å². The van der Waals surface area contributed by atoms with Gasteiger partial charge in [0.15, 0.2) is 5.82 Å². The van der Waals surface area contributed by atoms with E-state index < -0.39 is 0 Å². The maximum atomic E-state index is 9.08. The predicted octanol–water partition coefficient (Wildman–Crippen LogP) is 2.79. The van der Waals surface area contributed by atoms with E-state index in [1.807, 2.05) is 31.3 Å². The minimum atomic E-state index is 0.344. The number of hydrogen-bond donors (Lipinski definition) is 1. The molecule has 1 aromatic carbocycles. The van der Waals surface area contributed by atoms with Crippen molar-refractivity contribution < 1.29 is 4.74 Å². The predicted molar refractivity (Wildman–Crippen MR) is 106 cm³/mol. The summed E-state index contributed by atoms with van der Waals surface area (Å²) in [5, 5.41) is 22.0. The summed E-state index contributed by atoms with van der Waals surface area (Å²) < 4.78 is 5.74. The number of nitrogens with zero attached hydrogens (tertiary/aromatic N) is 5. The van der Waals surface area contributed by atoms with Crippen molar-refractivity contribution >= 4 is 22.4 Å². The monoisotopic (exact) mass is 372 g/mol. The number of ether oxygens (including phenoxy) is 1. The van der Waals surface area contributed by atoms with Crippen molar-refractivity contribution in [3.8, 4) is 6.07 Å². The molecule has 3 aromatic rings. The van der Waals surface area contributed by atoms with E-state index in [1.54, 1.807) is 6.07 Å². The summed E-state index contributed by atoms with van der Waals surface area (Å²) in [6, 6.07) is 11.9. The standard InChI is InChI=1S/C21H20N6O/c1-13-20-19(6-16(10-23-20)27-11-17-7-18(12-27)28-17)21(26-25-13)24-9-15-4-2-3-14(5-15)8-22/h2-6,10,17-18H,7,9,11-12H2,1H3,(H,24,26). The molecular formula is C21H20N6O. The quantitative estimate of drug-likeness (QED) is 0.753. The van der Waals surface area contributed by atoms with E-state index >= 15 is 0 Å². The fourth-order valence-electron chi connectivity index (χ4n) is 3.96. The van der Waals surface area contributed by atoms with Crippen LogP contribution in [0, 0.1) is 18.3 Å². The number of nitriles is 1. The molecule has 140 valence electrons. The number of morpholine rings is 1. The highest BCUT2D eigenvalue weighted by atomic mass is 16.5. The molecule has 7 nitrogen and oxygen atoms in total. The lowest BCUT2D eigenvalue weighted by molar-refractivity contribution is -0.133. The van der Waals surface area contributed by atoms with E-state index in [4.69, 9.17) is 10.00 Å². The number of benzene rings is 1. The minimum absolute atomic E-state index is 0.344. The summed E-state index contributed by atoms with van der Waals surface area (Å²) in [6.07, 6.45) is 3.77. The highest BCUT2D eigenvalue weighted by Gasteiger charge is 2.38. The number of nitrogens with one attached hydrogen (secondary N) is 1. The van der Waals surface area contributed by atoms with E-state index in [-0.39, 0.29) is 0 Å². The Morgan fingerprint density at radius 3 is 2.86 bits per heavy atom. The Morgan fingerprint density at radius 1 is 1.25 bits per heavy atom. The van der Waals surface area contributed by atoms with Crippen LogP contribution in [-0.4, -0.2) is 40.5 Å². The number of pyridine rings is 1. The first-order valence-corrected chi connectivity index (χ1v) is 9.46. The highest BCUT2D eigenvalue weighted by molar-refractivity contribution is 5.92. The average Bonchev–Trinajstić information content (AvgIpc) is 2.73. The van der Waals surface area contributed by atoms with Gasteiger partial charge in [-0.15, -0.1) is 5.10 Å². The van der Waals surface area contributed by atoms with Crippen molar-refractivity contribution in [3.05, 3.63) is 53.3 Å². The zero-order chi connectivity index (χ0) is 19.1. The third-order valence-electron chi connectivity index (χ3n) is 5.41. The molecule has 6 rings (SSSR count). The Labute approximate surface area is 163 Å². The summed E-state index contributed by atoms with van der Waals surface area (Å²) in [5.41, 5.74) is 4.42. The fraction of sp³-hybridized carbons (Fsp3) is 0.333. The SMILES string of the molecule is Cc1nnc(NCc2cccc(C#N)c2)c2cc(N3CC4CC(C3)O4)cnc12. The summed E-state index contributed by atoms with van der Waals surface area (Å²) >= 11 is 0. The number of rotatable bonds is 4. The molecule has 2 bridgehead atoms. The molecule has 2 aromatic heterocycles. The molecule has 3 aliphatic heterocycles. The third kappa shape index (κ3) is 3.02. The second kappa shape index (κ2) is 6.73. The van der Waals surface area contributed by atoms with Crippen LogP contribution < -0.4 is 10.2 Å². The van der Waals surface area contributed by atoms with Crippen LogP contribution in [0.3, 0.4) is 0 Å². The normalized spacial score (nSPS) is 20.5. The third-order valence-corrected chi connectivity index (χ3v) is 5.41. The lowest BCUT2D eigenvalue weighted by atomic mass is 9.98. The number of fused-ring (bicyclic) bond motifs is 3. The van der Waals surface area contributed by atoms with Crippen LogP contribution in [0.25, 0.3) is 10.9 Å². The molecule has 3 fully saturated rings. The fourth-order valence-corrected chi connectivity index (χ4v) is 3.96. The molecule has 0 saturated carbocycles. The van der Waals surface area contributed by atoms with E-state index in [0.717, 1.165) is 47.4 Å². The van der Waals surface area contributed by atoms with Crippen molar-refractivity contribution in [1.82, 2.24) is 15.2 Å². The molecule has 2 atom stereocenters. The molecule has 0 spiro atoms. The van der Waals surface area contributed by atoms with Gasteiger partial charge < -0.3 is 15.0 Å². The smallest absolute Gasteiger partial charge is 0.158 e. The number of piperidine rings is 1. The number of aryl methyl sites for hydroxylation is 1. The Balaban J connectivity index is 1.45. The molecule has 0 amide bonds. The topological polar surface area (TPSA) is 87.0 Å². The summed E-state index contributed by atoms with van der Waals surface area (Å²) in [7, 11) is 0. The van der Waals surface area contributed by atoms with Gasteiger partial charge in [-0.05, 0) is 30.7 Å². The van der Waals surface area contributed by atoms with Crippen molar-refractivity contribution in [2.45, 2.75) is 32.1 Å². The van der Waals surface area contributed by atoms with Gasteiger partial charge in [0.2, 0.25) is 0 Å². The molecule has 1 N–H and O–H groups in total.